The second kappa shape index (κ2) is 6.25. The first-order chi connectivity index (χ1) is 10.2. The molecule has 1 N–H and O–H groups in total. The van der Waals surface area contributed by atoms with Crippen LogP contribution in [-0.2, 0) is 6.54 Å². The Morgan fingerprint density at radius 1 is 1.43 bits per heavy atom. The number of pyridine rings is 1. The van der Waals surface area contributed by atoms with Crippen molar-refractivity contribution in [3.05, 3.63) is 44.9 Å². The molecule has 21 heavy (non-hydrogen) atoms. The minimum Gasteiger partial charge on any atom is -0.396 e. The van der Waals surface area contributed by atoms with Gasteiger partial charge in [-0.15, -0.1) is 0 Å². The van der Waals surface area contributed by atoms with Crippen LogP contribution >= 0.6 is 15.9 Å². The summed E-state index contributed by atoms with van der Waals surface area (Å²) in [5, 5.41) is 9.29. The van der Waals surface area contributed by atoms with Crippen LogP contribution in [-0.4, -0.2) is 39.1 Å². The Morgan fingerprint density at radius 2 is 2.29 bits per heavy atom. The van der Waals surface area contributed by atoms with Crippen LogP contribution < -0.4 is 5.56 Å². The zero-order valence-corrected chi connectivity index (χ0v) is 13.3. The lowest BCUT2D eigenvalue weighted by molar-refractivity contribution is 0.115. The number of aliphatic hydroxyl groups excluding tert-OH is 1. The Labute approximate surface area is 131 Å². The molecule has 112 valence electrons. The van der Waals surface area contributed by atoms with Gasteiger partial charge in [0.2, 0.25) is 0 Å². The summed E-state index contributed by atoms with van der Waals surface area (Å²) in [6.45, 7) is 2.77. The van der Waals surface area contributed by atoms with E-state index in [2.05, 4.69) is 25.8 Å². The van der Waals surface area contributed by atoms with E-state index in [4.69, 9.17) is 0 Å². The van der Waals surface area contributed by atoms with E-state index in [1.165, 1.54) is 0 Å². The van der Waals surface area contributed by atoms with Gasteiger partial charge in [0.15, 0.2) is 0 Å². The van der Waals surface area contributed by atoms with Gasteiger partial charge in [0, 0.05) is 36.4 Å². The molecule has 0 saturated carbocycles. The monoisotopic (exact) mass is 351 g/mol. The maximum atomic E-state index is 12.2. The molecule has 1 aliphatic heterocycles. The molecule has 0 aromatic carbocycles. The number of rotatable bonds is 3. The summed E-state index contributed by atoms with van der Waals surface area (Å²) in [6.07, 6.45) is 3.90. The molecule has 1 unspecified atom stereocenters. The largest absolute Gasteiger partial charge is 0.396 e. The number of fused-ring (bicyclic) bond motifs is 1. The second-order valence-corrected chi connectivity index (χ2v) is 6.50. The Kier molecular flexibility index (Phi) is 4.37. The van der Waals surface area contributed by atoms with Gasteiger partial charge in [0.25, 0.3) is 5.56 Å². The highest BCUT2D eigenvalue weighted by Gasteiger charge is 2.19. The Balaban J connectivity index is 1.84. The van der Waals surface area contributed by atoms with Crippen molar-refractivity contribution in [1.29, 1.82) is 0 Å². The van der Waals surface area contributed by atoms with Crippen molar-refractivity contribution in [1.82, 2.24) is 14.3 Å². The summed E-state index contributed by atoms with van der Waals surface area (Å²) < 4.78 is 2.40. The van der Waals surface area contributed by atoms with Gasteiger partial charge in [-0.1, -0.05) is 0 Å². The third-order valence-electron chi connectivity index (χ3n) is 3.92. The number of hydrogen-bond donors (Lipinski definition) is 1. The van der Waals surface area contributed by atoms with Crippen molar-refractivity contribution in [2.75, 3.05) is 19.7 Å². The molecule has 2 aromatic heterocycles. The lowest BCUT2D eigenvalue weighted by Gasteiger charge is -2.31. The number of piperidine rings is 1. The fourth-order valence-corrected chi connectivity index (χ4v) is 3.22. The SMILES string of the molecule is O=c1cc(CN2CCCC(CO)C2)nc2ccc(Br)cn12. The normalized spacial score (nSPS) is 20.0. The van der Waals surface area contributed by atoms with E-state index in [0.29, 0.717) is 18.1 Å². The van der Waals surface area contributed by atoms with E-state index in [1.54, 1.807) is 16.7 Å². The Hall–Kier alpha value is -1.24. The zero-order chi connectivity index (χ0) is 14.8. The molecule has 1 atom stereocenters. The molecule has 1 aliphatic rings. The van der Waals surface area contributed by atoms with Gasteiger partial charge in [-0.25, -0.2) is 4.98 Å². The van der Waals surface area contributed by atoms with E-state index >= 15 is 0 Å². The van der Waals surface area contributed by atoms with E-state index in [1.807, 2.05) is 12.1 Å². The van der Waals surface area contributed by atoms with Crippen LogP contribution in [0, 0.1) is 5.92 Å². The number of aromatic nitrogens is 2. The third-order valence-corrected chi connectivity index (χ3v) is 4.39. The van der Waals surface area contributed by atoms with E-state index in [9.17, 15) is 9.90 Å². The molecule has 0 bridgehead atoms. The van der Waals surface area contributed by atoms with Crippen LogP contribution in [0.4, 0.5) is 0 Å². The fraction of sp³-hybridized carbons (Fsp3) is 0.467. The summed E-state index contributed by atoms with van der Waals surface area (Å²) in [6, 6.07) is 5.32. The lowest BCUT2D eigenvalue weighted by atomic mass is 9.99. The van der Waals surface area contributed by atoms with Gasteiger partial charge in [0.1, 0.15) is 5.65 Å². The van der Waals surface area contributed by atoms with Crippen molar-refractivity contribution >= 4 is 21.6 Å². The molecule has 6 heteroatoms. The first kappa shape index (κ1) is 14.7. The van der Waals surface area contributed by atoms with Crippen LogP contribution in [0.2, 0.25) is 0 Å². The van der Waals surface area contributed by atoms with Gasteiger partial charge in [-0.05, 0) is 53.4 Å². The first-order valence-corrected chi connectivity index (χ1v) is 7.96. The average molecular weight is 352 g/mol. The molecular formula is C15H18BrN3O2. The maximum absolute atomic E-state index is 12.2. The molecule has 0 radical (unpaired) electrons. The topological polar surface area (TPSA) is 57.8 Å². The molecule has 3 heterocycles. The van der Waals surface area contributed by atoms with Crippen LogP contribution in [0.25, 0.3) is 5.65 Å². The molecule has 2 aromatic rings. The van der Waals surface area contributed by atoms with Crippen LogP contribution in [0.1, 0.15) is 18.5 Å². The van der Waals surface area contributed by atoms with E-state index < -0.39 is 0 Å². The molecule has 0 amide bonds. The number of aliphatic hydroxyl groups is 1. The van der Waals surface area contributed by atoms with Gasteiger partial charge < -0.3 is 5.11 Å². The molecular weight excluding hydrogens is 334 g/mol. The predicted molar refractivity (Wildman–Crippen MR) is 84.2 cm³/mol. The highest BCUT2D eigenvalue weighted by atomic mass is 79.9. The first-order valence-electron chi connectivity index (χ1n) is 7.17. The molecule has 3 rings (SSSR count). The van der Waals surface area contributed by atoms with E-state index in [0.717, 1.165) is 36.1 Å². The fourth-order valence-electron chi connectivity index (χ4n) is 2.88. The third kappa shape index (κ3) is 3.33. The summed E-state index contributed by atoms with van der Waals surface area (Å²) in [7, 11) is 0. The van der Waals surface area contributed by atoms with Gasteiger partial charge in [-0.3, -0.25) is 14.1 Å². The number of likely N-dealkylation sites (tertiary alicyclic amines) is 1. The Bertz CT molecular complexity index is 701. The smallest absolute Gasteiger partial charge is 0.258 e. The quantitative estimate of drug-likeness (QED) is 0.913. The lowest BCUT2D eigenvalue weighted by Crippen LogP contribution is -2.36. The van der Waals surface area contributed by atoms with Crippen molar-refractivity contribution in [3.63, 3.8) is 0 Å². The highest BCUT2D eigenvalue weighted by Crippen LogP contribution is 2.17. The van der Waals surface area contributed by atoms with Crippen molar-refractivity contribution in [3.8, 4) is 0 Å². The predicted octanol–water partition coefficient (Wildman–Crippen LogP) is 1.66. The summed E-state index contributed by atoms with van der Waals surface area (Å²) >= 11 is 3.36. The molecule has 1 saturated heterocycles. The molecule has 5 nitrogen and oxygen atoms in total. The average Bonchev–Trinajstić information content (AvgIpc) is 2.48. The van der Waals surface area contributed by atoms with Crippen molar-refractivity contribution in [2.24, 2.45) is 5.92 Å². The van der Waals surface area contributed by atoms with Gasteiger partial charge in [0.05, 0.1) is 5.69 Å². The van der Waals surface area contributed by atoms with Crippen molar-refractivity contribution < 1.29 is 5.11 Å². The summed E-state index contributed by atoms with van der Waals surface area (Å²) in [5.41, 5.74) is 1.39. The summed E-state index contributed by atoms with van der Waals surface area (Å²) in [4.78, 5) is 19.0. The van der Waals surface area contributed by atoms with Gasteiger partial charge in [-0.2, -0.15) is 0 Å². The number of halogens is 1. The highest BCUT2D eigenvalue weighted by molar-refractivity contribution is 9.10. The number of nitrogens with zero attached hydrogens (tertiary/aromatic N) is 3. The van der Waals surface area contributed by atoms with E-state index in [-0.39, 0.29) is 12.2 Å². The molecule has 0 spiro atoms. The van der Waals surface area contributed by atoms with Crippen LogP contribution in [0.5, 0.6) is 0 Å². The standard InChI is InChI=1S/C15H18BrN3O2/c16-12-3-4-14-17-13(6-15(21)19(14)8-12)9-18-5-1-2-11(7-18)10-20/h3-4,6,8,11,20H,1-2,5,7,9-10H2. The Morgan fingerprint density at radius 3 is 3.10 bits per heavy atom. The molecule has 1 fully saturated rings. The minimum atomic E-state index is -0.0629. The van der Waals surface area contributed by atoms with Crippen LogP contribution in [0.15, 0.2) is 33.7 Å². The minimum absolute atomic E-state index is 0.0629. The van der Waals surface area contributed by atoms with Crippen molar-refractivity contribution in [2.45, 2.75) is 19.4 Å². The zero-order valence-electron chi connectivity index (χ0n) is 11.7. The second-order valence-electron chi connectivity index (χ2n) is 5.59. The summed E-state index contributed by atoms with van der Waals surface area (Å²) in [5.74, 6) is 0.344. The number of hydrogen-bond acceptors (Lipinski definition) is 4. The molecule has 0 aliphatic carbocycles. The van der Waals surface area contributed by atoms with Gasteiger partial charge >= 0.3 is 0 Å². The van der Waals surface area contributed by atoms with Crippen LogP contribution in [0.3, 0.4) is 0 Å². The maximum Gasteiger partial charge on any atom is 0.258 e.